The van der Waals surface area contributed by atoms with Crippen LogP contribution in [0.25, 0.3) is 0 Å². The molecule has 0 radical (unpaired) electrons. The summed E-state index contributed by atoms with van der Waals surface area (Å²) in [6.07, 6.45) is 6.02. The van der Waals surface area contributed by atoms with Gasteiger partial charge in [-0.05, 0) is 32.7 Å². The lowest BCUT2D eigenvalue weighted by atomic mass is 9.86. The molecule has 5 heteroatoms. The van der Waals surface area contributed by atoms with Crippen LogP contribution in [0.3, 0.4) is 0 Å². The minimum Gasteiger partial charge on any atom is -0.374 e. The molecule has 2 heterocycles. The monoisotopic (exact) mass is 252 g/mol. The lowest BCUT2D eigenvalue weighted by Gasteiger charge is -2.41. The fraction of sp³-hybridized carbons (Fsp3) is 0.846. The quantitative estimate of drug-likeness (QED) is 0.858. The SMILES string of the molecule is CCNC(Cc1ncnn1C)C1(C)CCCCO1. The number of hydrogen-bond donors (Lipinski definition) is 1. The number of aryl methyl sites for hydroxylation is 1. The Labute approximate surface area is 109 Å². The molecule has 2 rings (SSSR count). The Hall–Kier alpha value is -0.940. The van der Waals surface area contributed by atoms with Gasteiger partial charge in [-0.3, -0.25) is 4.68 Å². The van der Waals surface area contributed by atoms with Crippen LogP contribution in [0.5, 0.6) is 0 Å². The summed E-state index contributed by atoms with van der Waals surface area (Å²) in [7, 11) is 1.94. The summed E-state index contributed by atoms with van der Waals surface area (Å²) in [5.74, 6) is 1.01. The van der Waals surface area contributed by atoms with Crippen molar-refractivity contribution in [3.63, 3.8) is 0 Å². The summed E-state index contributed by atoms with van der Waals surface area (Å²) in [5, 5.41) is 7.69. The van der Waals surface area contributed by atoms with E-state index in [0.717, 1.165) is 31.8 Å². The van der Waals surface area contributed by atoms with Crippen molar-refractivity contribution in [2.45, 2.75) is 51.2 Å². The highest BCUT2D eigenvalue weighted by Crippen LogP contribution is 2.29. The molecule has 1 aromatic heterocycles. The van der Waals surface area contributed by atoms with Crippen LogP contribution < -0.4 is 5.32 Å². The number of likely N-dealkylation sites (N-methyl/N-ethyl adjacent to an activating group) is 1. The molecule has 1 aliphatic heterocycles. The van der Waals surface area contributed by atoms with Gasteiger partial charge in [0.2, 0.25) is 0 Å². The summed E-state index contributed by atoms with van der Waals surface area (Å²) in [5.41, 5.74) is -0.0831. The first-order valence-electron chi connectivity index (χ1n) is 6.86. The molecule has 0 amide bonds. The molecule has 1 N–H and O–H groups in total. The van der Waals surface area contributed by atoms with Crippen LogP contribution in [-0.2, 0) is 18.2 Å². The topological polar surface area (TPSA) is 52.0 Å². The average Bonchev–Trinajstić information content (AvgIpc) is 2.75. The molecule has 1 saturated heterocycles. The maximum absolute atomic E-state index is 6.05. The summed E-state index contributed by atoms with van der Waals surface area (Å²) in [6.45, 7) is 6.17. The summed E-state index contributed by atoms with van der Waals surface area (Å²) in [6, 6.07) is 0.297. The predicted molar refractivity (Wildman–Crippen MR) is 70.4 cm³/mol. The molecule has 0 aromatic carbocycles. The molecular formula is C13H24N4O. The molecule has 0 spiro atoms. The van der Waals surface area contributed by atoms with Gasteiger partial charge in [-0.2, -0.15) is 5.10 Å². The molecule has 1 aromatic rings. The first kappa shape index (κ1) is 13.5. The molecule has 0 aliphatic carbocycles. The van der Waals surface area contributed by atoms with Gasteiger partial charge in [-0.1, -0.05) is 6.92 Å². The van der Waals surface area contributed by atoms with E-state index < -0.39 is 0 Å². The zero-order chi connectivity index (χ0) is 13.0. The van der Waals surface area contributed by atoms with Crippen molar-refractivity contribution in [3.8, 4) is 0 Å². The largest absolute Gasteiger partial charge is 0.374 e. The Morgan fingerprint density at radius 2 is 2.39 bits per heavy atom. The van der Waals surface area contributed by atoms with Crippen molar-refractivity contribution in [2.24, 2.45) is 7.05 Å². The lowest BCUT2D eigenvalue weighted by Crippen LogP contribution is -2.53. The number of ether oxygens (including phenoxy) is 1. The highest BCUT2D eigenvalue weighted by molar-refractivity contribution is 4.98. The second-order valence-electron chi connectivity index (χ2n) is 5.23. The predicted octanol–water partition coefficient (Wildman–Crippen LogP) is 1.29. The van der Waals surface area contributed by atoms with E-state index in [1.54, 1.807) is 6.33 Å². The van der Waals surface area contributed by atoms with E-state index in [1.165, 1.54) is 12.8 Å². The molecule has 1 fully saturated rings. The van der Waals surface area contributed by atoms with Crippen LogP contribution in [0.2, 0.25) is 0 Å². The Morgan fingerprint density at radius 1 is 1.56 bits per heavy atom. The summed E-state index contributed by atoms with van der Waals surface area (Å²) in [4.78, 5) is 4.32. The minimum atomic E-state index is -0.0831. The van der Waals surface area contributed by atoms with E-state index in [9.17, 15) is 0 Å². The normalized spacial score (nSPS) is 26.2. The number of rotatable bonds is 5. The van der Waals surface area contributed by atoms with Gasteiger partial charge in [0, 0.05) is 26.1 Å². The van der Waals surface area contributed by atoms with Gasteiger partial charge in [0.1, 0.15) is 12.2 Å². The van der Waals surface area contributed by atoms with Crippen molar-refractivity contribution < 1.29 is 4.74 Å². The molecule has 1 aliphatic rings. The van der Waals surface area contributed by atoms with E-state index in [2.05, 4.69) is 29.2 Å². The molecule has 5 nitrogen and oxygen atoms in total. The molecular weight excluding hydrogens is 228 g/mol. The van der Waals surface area contributed by atoms with Crippen LogP contribution >= 0.6 is 0 Å². The van der Waals surface area contributed by atoms with Crippen molar-refractivity contribution in [1.82, 2.24) is 20.1 Å². The first-order chi connectivity index (χ1) is 8.65. The molecule has 102 valence electrons. The molecule has 0 bridgehead atoms. The van der Waals surface area contributed by atoms with Crippen molar-refractivity contribution in [2.75, 3.05) is 13.2 Å². The first-order valence-corrected chi connectivity index (χ1v) is 6.86. The van der Waals surface area contributed by atoms with E-state index in [-0.39, 0.29) is 5.60 Å². The Kier molecular flexibility index (Phi) is 4.35. The summed E-state index contributed by atoms with van der Waals surface area (Å²) < 4.78 is 7.89. The van der Waals surface area contributed by atoms with Crippen LogP contribution in [0, 0.1) is 0 Å². The third-order valence-corrected chi connectivity index (χ3v) is 3.88. The maximum Gasteiger partial charge on any atom is 0.138 e. The maximum atomic E-state index is 6.05. The van der Waals surface area contributed by atoms with E-state index in [4.69, 9.17) is 4.74 Å². The third kappa shape index (κ3) is 2.90. The summed E-state index contributed by atoms with van der Waals surface area (Å²) >= 11 is 0. The Bertz CT molecular complexity index is 371. The van der Waals surface area contributed by atoms with Crippen LogP contribution in [-0.4, -0.2) is 39.6 Å². The van der Waals surface area contributed by atoms with Gasteiger partial charge in [0.05, 0.1) is 5.60 Å². The molecule has 18 heavy (non-hydrogen) atoms. The third-order valence-electron chi connectivity index (χ3n) is 3.88. The number of hydrogen-bond acceptors (Lipinski definition) is 4. The van der Waals surface area contributed by atoms with E-state index >= 15 is 0 Å². The fourth-order valence-corrected chi connectivity index (χ4v) is 2.67. The average molecular weight is 252 g/mol. The zero-order valence-electron chi connectivity index (χ0n) is 11.6. The molecule has 2 unspecified atom stereocenters. The van der Waals surface area contributed by atoms with E-state index in [1.807, 2.05) is 11.7 Å². The van der Waals surface area contributed by atoms with Crippen LogP contribution in [0.15, 0.2) is 6.33 Å². The highest BCUT2D eigenvalue weighted by atomic mass is 16.5. The Morgan fingerprint density at radius 3 is 2.94 bits per heavy atom. The van der Waals surface area contributed by atoms with Gasteiger partial charge in [0.15, 0.2) is 0 Å². The second-order valence-corrected chi connectivity index (χ2v) is 5.23. The Balaban J connectivity index is 2.09. The number of aromatic nitrogens is 3. The smallest absolute Gasteiger partial charge is 0.138 e. The molecule has 2 atom stereocenters. The number of nitrogens with zero attached hydrogens (tertiary/aromatic N) is 3. The van der Waals surface area contributed by atoms with Crippen molar-refractivity contribution in [3.05, 3.63) is 12.2 Å². The van der Waals surface area contributed by atoms with Gasteiger partial charge in [0.25, 0.3) is 0 Å². The second kappa shape index (κ2) is 5.80. The van der Waals surface area contributed by atoms with Gasteiger partial charge < -0.3 is 10.1 Å². The van der Waals surface area contributed by atoms with Gasteiger partial charge >= 0.3 is 0 Å². The van der Waals surface area contributed by atoms with Gasteiger partial charge in [-0.15, -0.1) is 0 Å². The van der Waals surface area contributed by atoms with Crippen molar-refractivity contribution >= 4 is 0 Å². The standard InChI is InChI=1S/C13H24N4O/c1-4-14-11(9-12-15-10-16-17(12)3)13(2)7-5-6-8-18-13/h10-11,14H,4-9H2,1-3H3. The van der Waals surface area contributed by atoms with Crippen LogP contribution in [0.4, 0.5) is 0 Å². The molecule has 0 saturated carbocycles. The van der Waals surface area contributed by atoms with Crippen molar-refractivity contribution in [1.29, 1.82) is 0 Å². The fourth-order valence-electron chi connectivity index (χ4n) is 2.67. The highest BCUT2D eigenvalue weighted by Gasteiger charge is 2.37. The number of nitrogens with one attached hydrogen (secondary N) is 1. The van der Waals surface area contributed by atoms with Crippen LogP contribution in [0.1, 0.15) is 38.9 Å². The minimum absolute atomic E-state index is 0.0831. The van der Waals surface area contributed by atoms with E-state index in [0.29, 0.717) is 6.04 Å². The van der Waals surface area contributed by atoms with Gasteiger partial charge in [-0.25, -0.2) is 4.98 Å². The zero-order valence-corrected chi connectivity index (χ0v) is 11.6. The lowest BCUT2D eigenvalue weighted by molar-refractivity contribution is -0.0885.